The molecule has 1 fully saturated rings. The lowest BCUT2D eigenvalue weighted by Gasteiger charge is -2.15. The van der Waals surface area contributed by atoms with Crippen LogP contribution >= 0.6 is 0 Å². The summed E-state index contributed by atoms with van der Waals surface area (Å²) in [4.78, 5) is 0. The van der Waals surface area contributed by atoms with Crippen LogP contribution in [0.3, 0.4) is 0 Å². The third-order valence-corrected chi connectivity index (χ3v) is 3.13. The van der Waals surface area contributed by atoms with Crippen molar-refractivity contribution in [2.75, 3.05) is 20.8 Å². The van der Waals surface area contributed by atoms with Gasteiger partial charge in [0, 0.05) is 24.2 Å². The largest absolute Gasteiger partial charge is 0.497 e. The molecule has 1 saturated heterocycles. The fourth-order valence-corrected chi connectivity index (χ4v) is 2.18. The maximum absolute atomic E-state index is 8.90. The van der Waals surface area contributed by atoms with Gasteiger partial charge in [-0.05, 0) is 12.5 Å². The van der Waals surface area contributed by atoms with E-state index in [1.807, 2.05) is 18.2 Å². The van der Waals surface area contributed by atoms with Crippen molar-refractivity contribution in [3.63, 3.8) is 0 Å². The Kier molecular flexibility index (Phi) is 3.50. The highest BCUT2D eigenvalue weighted by Gasteiger charge is 2.27. The Morgan fingerprint density at radius 1 is 1.35 bits per heavy atom. The Balaban J connectivity index is 2.24. The second-order valence-electron chi connectivity index (χ2n) is 4.13. The third kappa shape index (κ3) is 2.34. The molecule has 4 nitrogen and oxygen atoms in total. The normalized spacial score (nSPS) is 23.1. The molecule has 2 rings (SSSR count). The summed E-state index contributed by atoms with van der Waals surface area (Å²) in [6.07, 6.45) is 0.833. The van der Waals surface area contributed by atoms with E-state index in [1.165, 1.54) is 0 Å². The van der Waals surface area contributed by atoms with Crippen molar-refractivity contribution in [3.05, 3.63) is 23.8 Å². The molecule has 4 heteroatoms. The summed E-state index contributed by atoms with van der Waals surface area (Å²) in [5, 5.41) is 12.2. The summed E-state index contributed by atoms with van der Waals surface area (Å²) in [5.74, 6) is 1.67. The standard InChI is InChI=1S/C13H16N2O2/c1-16-10-3-4-11(13(6-10)17-2)12-5-9(7-14)8-15-12/h3-4,6,9,12,15H,5,8H2,1-2H3. The molecule has 0 spiro atoms. The van der Waals surface area contributed by atoms with E-state index in [0.29, 0.717) is 0 Å². The Hall–Kier alpha value is -1.73. The van der Waals surface area contributed by atoms with E-state index < -0.39 is 0 Å². The molecular formula is C13H16N2O2. The number of hydrogen-bond acceptors (Lipinski definition) is 4. The van der Waals surface area contributed by atoms with Gasteiger partial charge in [-0.2, -0.15) is 5.26 Å². The Labute approximate surface area is 101 Å². The van der Waals surface area contributed by atoms with E-state index in [4.69, 9.17) is 14.7 Å². The molecule has 0 radical (unpaired) electrons. The van der Waals surface area contributed by atoms with Crippen LogP contribution in [0, 0.1) is 17.2 Å². The first-order chi connectivity index (χ1) is 8.28. The first-order valence-corrected chi connectivity index (χ1v) is 5.63. The molecule has 1 aliphatic rings. The summed E-state index contributed by atoms with van der Waals surface area (Å²) in [5.41, 5.74) is 1.09. The molecule has 0 aromatic heterocycles. The molecule has 1 N–H and O–H groups in total. The van der Waals surface area contributed by atoms with Gasteiger partial charge in [0.25, 0.3) is 0 Å². The van der Waals surface area contributed by atoms with Gasteiger partial charge >= 0.3 is 0 Å². The summed E-state index contributed by atoms with van der Waals surface area (Å²) in [7, 11) is 3.28. The lowest BCUT2D eigenvalue weighted by atomic mass is 10.00. The maximum Gasteiger partial charge on any atom is 0.127 e. The first kappa shape index (κ1) is 11.7. The van der Waals surface area contributed by atoms with Gasteiger partial charge in [-0.15, -0.1) is 0 Å². The fourth-order valence-electron chi connectivity index (χ4n) is 2.18. The van der Waals surface area contributed by atoms with Crippen molar-refractivity contribution in [1.82, 2.24) is 5.32 Å². The second kappa shape index (κ2) is 5.07. The van der Waals surface area contributed by atoms with Gasteiger partial charge in [0.1, 0.15) is 11.5 Å². The number of nitrogens with one attached hydrogen (secondary N) is 1. The van der Waals surface area contributed by atoms with Gasteiger partial charge in [0.2, 0.25) is 0 Å². The molecule has 1 aromatic carbocycles. The van der Waals surface area contributed by atoms with Gasteiger partial charge in [0.15, 0.2) is 0 Å². The van der Waals surface area contributed by atoms with Crippen molar-refractivity contribution < 1.29 is 9.47 Å². The maximum atomic E-state index is 8.90. The van der Waals surface area contributed by atoms with Gasteiger partial charge < -0.3 is 14.8 Å². The Bertz CT molecular complexity index is 440. The van der Waals surface area contributed by atoms with E-state index in [1.54, 1.807) is 14.2 Å². The molecule has 0 saturated carbocycles. The molecule has 1 aromatic rings. The zero-order valence-electron chi connectivity index (χ0n) is 10.1. The van der Waals surface area contributed by atoms with Crippen LogP contribution in [-0.4, -0.2) is 20.8 Å². The molecule has 90 valence electrons. The topological polar surface area (TPSA) is 54.3 Å². The molecular weight excluding hydrogens is 216 g/mol. The van der Waals surface area contributed by atoms with Gasteiger partial charge in [-0.1, -0.05) is 6.07 Å². The summed E-state index contributed by atoms with van der Waals surface area (Å²) in [6.45, 7) is 0.746. The van der Waals surface area contributed by atoms with Crippen molar-refractivity contribution in [2.24, 2.45) is 5.92 Å². The quantitative estimate of drug-likeness (QED) is 0.864. The highest BCUT2D eigenvalue weighted by Crippen LogP contribution is 2.34. The monoisotopic (exact) mass is 232 g/mol. The molecule has 2 atom stereocenters. The molecule has 1 aliphatic heterocycles. The second-order valence-corrected chi connectivity index (χ2v) is 4.13. The van der Waals surface area contributed by atoms with E-state index in [2.05, 4.69) is 11.4 Å². The summed E-state index contributed by atoms with van der Waals surface area (Å²) < 4.78 is 10.5. The Morgan fingerprint density at radius 2 is 2.18 bits per heavy atom. The molecule has 1 heterocycles. The molecule has 0 bridgehead atoms. The van der Waals surface area contributed by atoms with Crippen molar-refractivity contribution in [2.45, 2.75) is 12.5 Å². The number of nitriles is 1. The highest BCUT2D eigenvalue weighted by molar-refractivity contribution is 5.43. The third-order valence-electron chi connectivity index (χ3n) is 3.13. The number of nitrogens with zero attached hydrogens (tertiary/aromatic N) is 1. The van der Waals surface area contributed by atoms with E-state index in [9.17, 15) is 0 Å². The van der Waals surface area contributed by atoms with Crippen LogP contribution in [0.15, 0.2) is 18.2 Å². The lowest BCUT2D eigenvalue weighted by molar-refractivity contribution is 0.386. The fraction of sp³-hybridized carbons (Fsp3) is 0.462. The number of benzene rings is 1. The smallest absolute Gasteiger partial charge is 0.127 e. The van der Waals surface area contributed by atoms with Crippen molar-refractivity contribution in [1.29, 1.82) is 5.26 Å². The lowest BCUT2D eigenvalue weighted by Crippen LogP contribution is -2.14. The van der Waals surface area contributed by atoms with E-state index >= 15 is 0 Å². The van der Waals surface area contributed by atoms with Crippen molar-refractivity contribution >= 4 is 0 Å². The molecule has 0 amide bonds. The van der Waals surface area contributed by atoms with Gasteiger partial charge in [-0.3, -0.25) is 0 Å². The van der Waals surface area contributed by atoms with Crippen molar-refractivity contribution in [3.8, 4) is 17.6 Å². The van der Waals surface area contributed by atoms with Crippen LogP contribution in [-0.2, 0) is 0 Å². The SMILES string of the molecule is COc1ccc(C2CC(C#N)CN2)c(OC)c1. The molecule has 0 aliphatic carbocycles. The summed E-state index contributed by atoms with van der Waals surface area (Å²) >= 11 is 0. The molecule has 2 unspecified atom stereocenters. The molecule has 17 heavy (non-hydrogen) atoms. The van der Waals surface area contributed by atoms with Gasteiger partial charge in [-0.25, -0.2) is 0 Å². The van der Waals surface area contributed by atoms with Gasteiger partial charge in [0.05, 0.1) is 26.2 Å². The number of hydrogen-bond donors (Lipinski definition) is 1. The minimum atomic E-state index is 0.0896. The van der Waals surface area contributed by atoms with Crippen LogP contribution < -0.4 is 14.8 Å². The van der Waals surface area contributed by atoms with Crippen LogP contribution in [0.1, 0.15) is 18.0 Å². The zero-order chi connectivity index (χ0) is 12.3. The van der Waals surface area contributed by atoms with Crippen LogP contribution in [0.4, 0.5) is 0 Å². The Morgan fingerprint density at radius 3 is 2.76 bits per heavy atom. The number of rotatable bonds is 3. The average molecular weight is 232 g/mol. The minimum Gasteiger partial charge on any atom is -0.497 e. The number of methoxy groups -OCH3 is 2. The van der Waals surface area contributed by atoms with Crippen LogP contribution in [0.5, 0.6) is 11.5 Å². The zero-order valence-corrected chi connectivity index (χ0v) is 10.1. The minimum absolute atomic E-state index is 0.0896. The van der Waals surface area contributed by atoms with Crippen LogP contribution in [0.25, 0.3) is 0 Å². The first-order valence-electron chi connectivity index (χ1n) is 5.63. The van der Waals surface area contributed by atoms with E-state index in [0.717, 1.165) is 30.0 Å². The summed E-state index contributed by atoms with van der Waals surface area (Å²) in [6, 6.07) is 8.27. The predicted octanol–water partition coefficient (Wildman–Crippen LogP) is 1.88. The average Bonchev–Trinajstić information content (AvgIpc) is 2.86. The predicted molar refractivity (Wildman–Crippen MR) is 64.0 cm³/mol. The number of ether oxygens (including phenoxy) is 2. The van der Waals surface area contributed by atoms with E-state index in [-0.39, 0.29) is 12.0 Å². The highest BCUT2D eigenvalue weighted by atomic mass is 16.5. The van der Waals surface area contributed by atoms with Crippen LogP contribution in [0.2, 0.25) is 0 Å².